The lowest BCUT2D eigenvalue weighted by atomic mass is 9.95. The molecule has 2 fully saturated rings. The van der Waals surface area contributed by atoms with Crippen molar-refractivity contribution in [1.82, 2.24) is 14.7 Å². The van der Waals surface area contributed by atoms with Gasteiger partial charge in [0.1, 0.15) is 18.2 Å². The molecule has 2 aliphatic rings. The lowest BCUT2D eigenvalue weighted by molar-refractivity contribution is -0.142. The Labute approximate surface area is 194 Å². The fourth-order valence-corrected chi connectivity index (χ4v) is 4.55. The highest BCUT2D eigenvalue weighted by Crippen LogP contribution is 2.21. The molecule has 0 radical (unpaired) electrons. The van der Waals surface area contributed by atoms with Crippen LogP contribution in [0.1, 0.15) is 18.4 Å². The molecular weight excluding hydrogens is 421 g/mol. The van der Waals surface area contributed by atoms with E-state index in [1.54, 1.807) is 17.0 Å². The van der Waals surface area contributed by atoms with Crippen LogP contribution in [0.4, 0.5) is 4.39 Å². The van der Waals surface area contributed by atoms with Crippen molar-refractivity contribution in [1.29, 1.82) is 0 Å². The average molecular weight is 454 g/mol. The normalized spacial score (nSPS) is 19.4. The molecule has 7 heteroatoms. The summed E-state index contributed by atoms with van der Waals surface area (Å²) in [5.41, 5.74) is 0.794. The number of halogens is 1. The van der Waals surface area contributed by atoms with Gasteiger partial charge in [0.2, 0.25) is 11.8 Å². The van der Waals surface area contributed by atoms with Crippen molar-refractivity contribution in [2.24, 2.45) is 5.92 Å². The Hall–Kier alpha value is -2.93. The molecule has 0 N–H and O–H groups in total. The Bertz CT molecular complexity index is 914. The van der Waals surface area contributed by atoms with E-state index in [0.29, 0.717) is 32.8 Å². The highest BCUT2D eigenvalue weighted by Gasteiger charge is 2.32. The summed E-state index contributed by atoms with van der Waals surface area (Å²) >= 11 is 0. The third-order valence-electron chi connectivity index (χ3n) is 6.50. The van der Waals surface area contributed by atoms with Crippen molar-refractivity contribution < 1.29 is 18.7 Å². The van der Waals surface area contributed by atoms with Crippen molar-refractivity contribution in [3.05, 3.63) is 66.0 Å². The molecule has 2 aromatic carbocycles. The number of hydrogen-bond donors (Lipinski definition) is 0. The van der Waals surface area contributed by atoms with Gasteiger partial charge in [-0.05, 0) is 42.7 Å². The second-order valence-corrected chi connectivity index (χ2v) is 8.81. The standard InChI is InChI=1S/C26H32FN3O3/c27-23-10-8-21(9-11-23)19-25(31)30-12-4-5-22(20-30)26(32)29-15-13-28(14-16-29)17-18-33-24-6-2-1-3-7-24/h1-3,6-11,22H,4-5,12-20H2. The number of piperazine rings is 1. The number of para-hydroxylation sites is 1. The Kier molecular flexibility index (Phi) is 7.94. The number of likely N-dealkylation sites (tertiary alicyclic amines) is 1. The van der Waals surface area contributed by atoms with Crippen LogP contribution in [0.5, 0.6) is 5.75 Å². The van der Waals surface area contributed by atoms with E-state index in [4.69, 9.17) is 4.74 Å². The molecule has 0 bridgehead atoms. The summed E-state index contributed by atoms with van der Waals surface area (Å²) in [5.74, 6) is 0.599. The van der Waals surface area contributed by atoms with Crippen molar-refractivity contribution in [3.63, 3.8) is 0 Å². The minimum absolute atomic E-state index is 0.00217. The first-order valence-electron chi connectivity index (χ1n) is 11.8. The molecule has 6 nitrogen and oxygen atoms in total. The highest BCUT2D eigenvalue weighted by atomic mass is 19.1. The summed E-state index contributed by atoms with van der Waals surface area (Å²) in [6, 6.07) is 15.8. The minimum atomic E-state index is -0.307. The van der Waals surface area contributed by atoms with Crippen LogP contribution in [-0.2, 0) is 16.0 Å². The van der Waals surface area contributed by atoms with Gasteiger partial charge in [-0.1, -0.05) is 30.3 Å². The van der Waals surface area contributed by atoms with Crippen molar-refractivity contribution in [3.8, 4) is 5.75 Å². The van der Waals surface area contributed by atoms with Crippen LogP contribution in [-0.4, -0.2) is 78.9 Å². The van der Waals surface area contributed by atoms with Crippen molar-refractivity contribution in [2.75, 3.05) is 52.4 Å². The first kappa shape index (κ1) is 23.2. The number of ether oxygens (including phenoxy) is 1. The molecule has 0 spiro atoms. The molecule has 176 valence electrons. The number of hydrogen-bond acceptors (Lipinski definition) is 4. The lowest BCUT2D eigenvalue weighted by Gasteiger charge is -2.39. The molecule has 33 heavy (non-hydrogen) atoms. The van der Waals surface area contributed by atoms with E-state index in [0.717, 1.165) is 43.8 Å². The first-order valence-corrected chi connectivity index (χ1v) is 11.8. The molecular formula is C26H32FN3O3. The van der Waals surface area contributed by atoms with E-state index in [9.17, 15) is 14.0 Å². The summed E-state index contributed by atoms with van der Waals surface area (Å²) in [7, 11) is 0. The molecule has 0 aliphatic carbocycles. The average Bonchev–Trinajstić information content (AvgIpc) is 2.86. The van der Waals surface area contributed by atoms with Crippen molar-refractivity contribution in [2.45, 2.75) is 19.3 Å². The predicted octanol–water partition coefficient (Wildman–Crippen LogP) is 2.83. The van der Waals surface area contributed by atoms with E-state index in [1.807, 2.05) is 35.2 Å². The summed E-state index contributed by atoms with van der Waals surface area (Å²) in [5, 5.41) is 0. The smallest absolute Gasteiger partial charge is 0.227 e. The van der Waals surface area contributed by atoms with E-state index in [-0.39, 0.29) is 30.0 Å². The maximum Gasteiger partial charge on any atom is 0.227 e. The topological polar surface area (TPSA) is 53.1 Å². The highest BCUT2D eigenvalue weighted by molar-refractivity contribution is 5.82. The second kappa shape index (κ2) is 11.3. The summed E-state index contributed by atoms with van der Waals surface area (Å²) in [4.78, 5) is 31.9. The van der Waals surface area contributed by atoms with Crippen molar-refractivity contribution >= 4 is 11.8 Å². The van der Waals surface area contributed by atoms with E-state index < -0.39 is 0 Å². The molecule has 2 aliphatic heterocycles. The molecule has 2 aromatic rings. The van der Waals surface area contributed by atoms with Gasteiger partial charge in [-0.3, -0.25) is 14.5 Å². The van der Waals surface area contributed by atoms with E-state index in [2.05, 4.69) is 4.90 Å². The lowest BCUT2D eigenvalue weighted by Crippen LogP contribution is -2.53. The third kappa shape index (κ3) is 6.54. The largest absolute Gasteiger partial charge is 0.492 e. The molecule has 1 unspecified atom stereocenters. The fraction of sp³-hybridized carbons (Fsp3) is 0.462. The Morgan fingerprint density at radius 2 is 1.64 bits per heavy atom. The van der Waals surface area contributed by atoms with Gasteiger partial charge in [0.15, 0.2) is 0 Å². The quantitative estimate of drug-likeness (QED) is 0.647. The van der Waals surface area contributed by atoms with E-state index >= 15 is 0 Å². The molecule has 4 rings (SSSR count). The van der Waals surface area contributed by atoms with Crippen LogP contribution >= 0.6 is 0 Å². The number of amides is 2. The van der Waals surface area contributed by atoms with Crippen LogP contribution in [0, 0.1) is 11.7 Å². The Morgan fingerprint density at radius 3 is 2.36 bits per heavy atom. The number of nitrogens with zero attached hydrogens (tertiary/aromatic N) is 3. The van der Waals surface area contributed by atoms with Gasteiger partial charge in [0.25, 0.3) is 0 Å². The first-order chi connectivity index (χ1) is 16.1. The molecule has 2 saturated heterocycles. The third-order valence-corrected chi connectivity index (χ3v) is 6.50. The van der Waals surface area contributed by atoms with Gasteiger partial charge in [-0.15, -0.1) is 0 Å². The van der Waals surface area contributed by atoms with Crippen LogP contribution in [0.2, 0.25) is 0 Å². The fourth-order valence-electron chi connectivity index (χ4n) is 4.55. The molecule has 2 heterocycles. The SMILES string of the molecule is O=C(Cc1ccc(F)cc1)N1CCCC(C(=O)N2CCN(CCOc3ccccc3)CC2)C1. The van der Waals surface area contributed by atoms with Crippen LogP contribution < -0.4 is 4.74 Å². The Balaban J connectivity index is 1.20. The van der Waals surface area contributed by atoms with Gasteiger partial charge in [0.05, 0.1) is 12.3 Å². The molecule has 2 amide bonds. The van der Waals surface area contributed by atoms with Gasteiger partial charge in [-0.2, -0.15) is 0 Å². The van der Waals surface area contributed by atoms with Gasteiger partial charge >= 0.3 is 0 Å². The zero-order valence-corrected chi connectivity index (χ0v) is 19.0. The maximum atomic E-state index is 13.1. The van der Waals surface area contributed by atoms with Crippen LogP contribution in [0.3, 0.4) is 0 Å². The zero-order valence-electron chi connectivity index (χ0n) is 19.0. The number of benzene rings is 2. The van der Waals surface area contributed by atoms with Gasteiger partial charge in [0, 0.05) is 45.8 Å². The maximum absolute atomic E-state index is 13.1. The second-order valence-electron chi connectivity index (χ2n) is 8.81. The van der Waals surface area contributed by atoms with Crippen LogP contribution in [0.15, 0.2) is 54.6 Å². The van der Waals surface area contributed by atoms with E-state index in [1.165, 1.54) is 12.1 Å². The molecule has 1 atom stereocenters. The number of rotatable bonds is 7. The van der Waals surface area contributed by atoms with Crippen LogP contribution in [0.25, 0.3) is 0 Å². The summed E-state index contributed by atoms with van der Waals surface area (Å²) in [6.45, 7) is 5.72. The zero-order chi connectivity index (χ0) is 23.0. The van der Waals surface area contributed by atoms with Gasteiger partial charge in [-0.25, -0.2) is 4.39 Å². The number of carbonyl (C=O) groups excluding carboxylic acids is 2. The minimum Gasteiger partial charge on any atom is -0.492 e. The summed E-state index contributed by atoms with van der Waals surface area (Å²) in [6.07, 6.45) is 1.90. The van der Waals surface area contributed by atoms with Gasteiger partial charge < -0.3 is 14.5 Å². The molecule has 0 aromatic heterocycles. The number of carbonyl (C=O) groups is 2. The Morgan fingerprint density at radius 1 is 0.909 bits per heavy atom. The monoisotopic (exact) mass is 453 g/mol. The number of piperidine rings is 1. The molecule has 0 saturated carbocycles. The predicted molar refractivity (Wildman–Crippen MR) is 124 cm³/mol. The summed E-state index contributed by atoms with van der Waals surface area (Å²) < 4.78 is 18.9.